The molecule has 0 unspecified atom stereocenters. The Morgan fingerprint density at radius 3 is 2.11 bits per heavy atom. The van der Waals surface area contributed by atoms with E-state index in [0.717, 1.165) is 25.8 Å². The predicted molar refractivity (Wildman–Crippen MR) is 76.3 cm³/mol. The van der Waals surface area contributed by atoms with Gasteiger partial charge in [0.1, 0.15) is 5.82 Å². The highest BCUT2D eigenvalue weighted by atomic mass is 19.1. The molecule has 18 heavy (non-hydrogen) atoms. The van der Waals surface area contributed by atoms with Crippen molar-refractivity contribution < 1.29 is 4.39 Å². The summed E-state index contributed by atoms with van der Waals surface area (Å²) in [6.07, 6.45) is 3.29. The molecule has 0 radical (unpaired) electrons. The van der Waals surface area contributed by atoms with Crippen molar-refractivity contribution in [2.45, 2.75) is 53.0 Å². The van der Waals surface area contributed by atoms with Gasteiger partial charge in [-0.1, -0.05) is 39.8 Å². The van der Waals surface area contributed by atoms with Crippen molar-refractivity contribution in [2.24, 2.45) is 5.41 Å². The van der Waals surface area contributed by atoms with Crippen molar-refractivity contribution in [3.05, 3.63) is 35.6 Å². The van der Waals surface area contributed by atoms with Crippen LogP contribution in [-0.2, 0) is 6.42 Å². The van der Waals surface area contributed by atoms with E-state index in [1.807, 2.05) is 12.1 Å². The van der Waals surface area contributed by atoms with Crippen molar-refractivity contribution in [3.63, 3.8) is 0 Å². The molecule has 0 aliphatic carbocycles. The van der Waals surface area contributed by atoms with Gasteiger partial charge in [-0.25, -0.2) is 4.39 Å². The molecule has 2 heteroatoms. The predicted octanol–water partition coefficient (Wildman–Crippen LogP) is 4.17. The smallest absolute Gasteiger partial charge is 0.123 e. The van der Waals surface area contributed by atoms with Crippen molar-refractivity contribution in [3.8, 4) is 0 Å². The SMILES string of the molecule is CCC(CC)(CNC(C)C)Cc1ccc(F)cc1. The zero-order valence-corrected chi connectivity index (χ0v) is 12.1. The molecule has 0 atom stereocenters. The zero-order chi connectivity index (χ0) is 13.6. The molecule has 0 bridgehead atoms. The normalized spacial score (nSPS) is 12.1. The summed E-state index contributed by atoms with van der Waals surface area (Å²) in [5.41, 5.74) is 1.51. The number of halogens is 1. The van der Waals surface area contributed by atoms with Crippen LogP contribution in [0.1, 0.15) is 46.1 Å². The first-order valence-electron chi connectivity index (χ1n) is 6.99. The van der Waals surface area contributed by atoms with Gasteiger partial charge in [-0.05, 0) is 42.4 Å². The first-order valence-corrected chi connectivity index (χ1v) is 6.99. The van der Waals surface area contributed by atoms with Crippen molar-refractivity contribution in [1.29, 1.82) is 0 Å². The van der Waals surface area contributed by atoms with Crippen LogP contribution in [0.4, 0.5) is 4.39 Å². The fraction of sp³-hybridized carbons (Fsp3) is 0.625. The maximum Gasteiger partial charge on any atom is 0.123 e. The van der Waals surface area contributed by atoms with Crippen LogP contribution in [0.25, 0.3) is 0 Å². The summed E-state index contributed by atoms with van der Waals surface area (Å²) in [5.74, 6) is -0.155. The average Bonchev–Trinajstić information content (AvgIpc) is 2.37. The van der Waals surface area contributed by atoms with Gasteiger partial charge < -0.3 is 5.32 Å². The molecule has 0 aliphatic rings. The van der Waals surface area contributed by atoms with Crippen LogP contribution in [0.15, 0.2) is 24.3 Å². The Labute approximate surface area is 111 Å². The Balaban J connectivity index is 2.74. The topological polar surface area (TPSA) is 12.0 Å². The van der Waals surface area contributed by atoms with Crippen molar-refractivity contribution >= 4 is 0 Å². The molecule has 1 aromatic rings. The summed E-state index contributed by atoms with van der Waals surface area (Å²) in [4.78, 5) is 0. The monoisotopic (exact) mass is 251 g/mol. The molecular weight excluding hydrogens is 225 g/mol. The lowest BCUT2D eigenvalue weighted by Crippen LogP contribution is -2.38. The van der Waals surface area contributed by atoms with Gasteiger partial charge in [0.25, 0.3) is 0 Å². The molecule has 0 saturated carbocycles. The minimum atomic E-state index is -0.155. The van der Waals surface area contributed by atoms with Crippen LogP contribution in [0.5, 0.6) is 0 Å². The molecule has 1 nitrogen and oxygen atoms in total. The van der Waals surface area contributed by atoms with E-state index >= 15 is 0 Å². The molecule has 1 rings (SSSR count). The van der Waals surface area contributed by atoms with E-state index < -0.39 is 0 Å². The van der Waals surface area contributed by atoms with E-state index in [4.69, 9.17) is 0 Å². The first-order chi connectivity index (χ1) is 8.51. The lowest BCUT2D eigenvalue weighted by Gasteiger charge is -2.33. The Morgan fingerprint density at radius 1 is 1.11 bits per heavy atom. The summed E-state index contributed by atoms with van der Waals surface area (Å²) < 4.78 is 12.9. The van der Waals surface area contributed by atoms with Gasteiger partial charge in [-0.2, -0.15) is 0 Å². The second kappa shape index (κ2) is 6.89. The van der Waals surface area contributed by atoms with Gasteiger partial charge in [-0.3, -0.25) is 0 Å². The largest absolute Gasteiger partial charge is 0.314 e. The first kappa shape index (κ1) is 15.2. The summed E-state index contributed by atoms with van der Waals surface area (Å²) in [7, 11) is 0. The second-order valence-electron chi connectivity index (χ2n) is 5.55. The number of hydrogen-bond donors (Lipinski definition) is 1. The van der Waals surface area contributed by atoms with Gasteiger partial charge >= 0.3 is 0 Å². The van der Waals surface area contributed by atoms with E-state index in [9.17, 15) is 4.39 Å². The van der Waals surface area contributed by atoms with Crippen molar-refractivity contribution in [2.75, 3.05) is 6.54 Å². The molecular formula is C16H26FN. The molecule has 0 amide bonds. The summed E-state index contributed by atoms with van der Waals surface area (Å²) in [6.45, 7) is 9.86. The van der Waals surface area contributed by atoms with E-state index in [1.54, 1.807) is 12.1 Å². The molecule has 0 aromatic heterocycles. The van der Waals surface area contributed by atoms with Gasteiger partial charge in [-0.15, -0.1) is 0 Å². The van der Waals surface area contributed by atoms with Gasteiger partial charge in [0.15, 0.2) is 0 Å². The Morgan fingerprint density at radius 2 is 1.67 bits per heavy atom. The van der Waals surface area contributed by atoms with Gasteiger partial charge in [0, 0.05) is 12.6 Å². The number of rotatable bonds is 7. The van der Waals surface area contributed by atoms with Gasteiger partial charge in [0.05, 0.1) is 0 Å². The van der Waals surface area contributed by atoms with Gasteiger partial charge in [0.2, 0.25) is 0 Å². The minimum Gasteiger partial charge on any atom is -0.314 e. The molecule has 1 aromatic carbocycles. The van der Waals surface area contributed by atoms with E-state index in [-0.39, 0.29) is 11.2 Å². The molecule has 0 spiro atoms. The van der Waals surface area contributed by atoms with Crippen LogP contribution in [-0.4, -0.2) is 12.6 Å². The Kier molecular flexibility index (Phi) is 5.80. The van der Waals surface area contributed by atoms with E-state index in [0.29, 0.717) is 6.04 Å². The van der Waals surface area contributed by atoms with Crippen LogP contribution in [0, 0.1) is 11.2 Å². The van der Waals surface area contributed by atoms with Crippen LogP contribution in [0.3, 0.4) is 0 Å². The fourth-order valence-corrected chi connectivity index (χ4v) is 2.27. The highest BCUT2D eigenvalue weighted by Gasteiger charge is 2.26. The third kappa shape index (κ3) is 4.41. The van der Waals surface area contributed by atoms with Crippen LogP contribution >= 0.6 is 0 Å². The lowest BCUT2D eigenvalue weighted by molar-refractivity contribution is 0.239. The highest BCUT2D eigenvalue weighted by molar-refractivity contribution is 5.18. The summed E-state index contributed by atoms with van der Waals surface area (Å²) in [6, 6.07) is 7.44. The quantitative estimate of drug-likeness (QED) is 0.767. The standard InChI is InChI=1S/C16H26FN/c1-5-16(6-2,12-18-13(3)4)11-14-7-9-15(17)10-8-14/h7-10,13,18H,5-6,11-12H2,1-4H3. The number of benzene rings is 1. The fourth-order valence-electron chi connectivity index (χ4n) is 2.27. The maximum atomic E-state index is 12.9. The molecule has 102 valence electrons. The molecule has 0 aliphatic heterocycles. The number of nitrogens with one attached hydrogen (secondary N) is 1. The maximum absolute atomic E-state index is 12.9. The second-order valence-corrected chi connectivity index (χ2v) is 5.55. The third-order valence-electron chi connectivity index (χ3n) is 3.88. The number of hydrogen-bond acceptors (Lipinski definition) is 1. The summed E-state index contributed by atoms with van der Waals surface area (Å²) in [5, 5.41) is 3.55. The van der Waals surface area contributed by atoms with Crippen molar-refractivity contribution in [1.82, 2.24) is 5.32 Å². The molecule has 0 fully saturated rings. The van der Waals surface area contributed by atoms with Crippen LogP contribution < -0.4 is 5.32 Å². The molecule has 1 N–H and O–H groups in total. The van der Waals surface area contributed by atoms with Crippen LogP contribution in [0.2, 0.25) is 0 Å². The Hall–Kier alpha value is -0.890. The lowest BCUT2D eigenvalue weighted by atomic mass is 9.76. The minimum absolute atomic E-state index is 0.155. The van der Waals surface area contributed by atoms with E-state index in [2.05, 4.69) is 33.0 Å². The van der Waals surface area contributed by atoms with E-state index in [1.165, 1.54) is 5.56 Å². The summed E-state index contributed by atoms with van der Waals surface area (Å²) >= 11 is 0. The molecule has 0 heterocycles. The third-order valence-corrected chi connectivity index (χ3v) is 3.88. The zero-order valence-electron chi connectivity index (χ0n) is 12.1. The highest BCUT2D eigenvalue weighted by Crippen LogP contribution is 2.30. The molecule has 0 saturated heterocycles. The Bertz CT molecular complexity index is 339. The average molecular weight is 251 g/mol.